The first-order valence-corrected chi connectivity index (χ1v) is 6.17. The molecular formula is C13H15BrN2. The first kappa shape index (κ1) is 11.4. The standard InChI is InChI=1S/C13H15BrN2/c1-10-3-5-11(6-4-10)7-8-12-13(14)15-9-16(12)2/h3-6,9H,7-8H2,1-2H3. The normalized spacial score (nSPS) is 10.7. The molecule has 0 fully saturated rings. The minimum atomic E-state index is 0.960. The van der Waals surface area contributed by atoms with E-state index in [0.29, 0.717) is 0 Å². The average molecular weight is 279 g/mol. The summed E-state index contributed by atoms with van der Waals surface area (Å²) in [4.78, 5) is 4.22. The molecule has 2 aromatic rings. The zero-order valence-electron chi connectivity index (χ0n) is 9.57. The fourth-order valence-corrected chi connectivity index (χ4v) is 2.29. The lowest BCUT2D eigenvalue weighted by Crippen LogP contribution is -1.98. The molecule has 0 saturated heterocycles. The van der Waals surface area contributed by atoms with Crippen LogP contribution in [-0.2, 0) is 19.9 Å². The molecule has 0 spiro atoms. The van der Waals surface area contributed by atoms with Crippen molar-refractivity contribution in [2.75, 3.05) is 0 Å². The van der Waals surface area contributed by atoms with Crippen LogP contribution in [0.4, 0.5) is 0 Å². The Kier molecular flexibility index (Phi) is 3.44. The molecule has 0 atom stereocenters. The number of rotatable bonds is 3. The lowest BCUT2D eigenvalue weighted by Gasteiger charge is -2.04. The Hall–Kier alpha value is -1.09. The zero-order valence-corrected chi connectivity index (χ0v) is 11.2. The molecule has 1 aromatic carbocycles. The first-order valence-electron chi connectivity index (χ1n) is 5.38. The monoisotopic (exact) mass is 278 g/mol. The SMILES string of the molecule is Cc1ccc(CCc2c(Br)ncn2C)cc1. The van der Waals surface area contributed by atoms with E-state index in [0.717, 1.165) is 17.4 Å². The van der Waals surface area contributed by atoms with Gasteiger partial charge in [0.05, 0.1) is 12.0 Å². The van der Waals surface area contributed by atoms with Gasteiger partial charge in [-0.1, -0.05) is 29.8 Å². The number of benzene rings is 1. The van der Waals surface area contributed by atoms with Gasteiger partial charge in [-0.2, -0.15) is 0 Å². The maximum absolute atomic E-state index is 4.22. The third-order valence-electron chi connectivity index (χ3n) is 2.78. The molecular weight excluding hydrogens is 264 g/mol. The van der Waals surface area contributed by atoms with Crippen molar-refractivity contribution in [2.24, 2.45) is 7.05 Å². The van der Waals surface area contributed by atoms with Crippen LogP contribution >= 0.6 is 15.9 Å². The van der Waals surface area contributed by atoms with E-state index in [4.69, 9.17) is 0 Å². The Bertz CT molecular complexity index is 452. The smallest absolute Gasteiger partial charge is 0.127 e. The Morgan fingerprint density at radius 2 is 1.88 bits per heavy atom. The lowest BCUT2D eigenvalue weighted by molar-refractivity contribution is 0.795. The molecule has 0 radical (unpaired) electrons. The van der Waals surface area contributed by atoms with Crippen molar-refractivity contribution in [1.82, 2.24) is 9.55 Å². The third-order valence-corrected chi connectivity index (χ3v) is 3.44. The van der Waals surface area contributed by atoms with Crippen molar-refractivity contribution in [2.45, 2.75) is 19.8 Å². The summed E-state index contributed by atoms with van der Waals surface area (Å²) in [5.74, 6) is 0. The molecule has 0 aliphatic rings. The summed E-state index contributed by atoms with van der Waals surface area (Å²) in [6.45, 7) is 2.11. The summed E-state index contributed by atoms with van der Waals surface area (Å²) < 4.78 is 3.03. The van der Waals surface area contributed by atoms with Crippen LogP contribution in [0.2, 0.25) is 0 Å². The predicted molar refractivity (Wildman–Crippen MR) is 69.5 cm³/mol. The van der Waals surface area contributed by atoms with E-state index in [9.17, 15) is 0 Å². The molecule has 0 aliphatic heterocycles. The van der Waals surface area contributed by atoms with Gasteiger partial charge in [-0.25, -0.2) is 4.98 Å². The topological polar surface area (TPSA) is 17.8 Å². The number of hydrogen-bond donors (Lipinski definition) is 0. The summed E-state index contributed by atoms with van der Waals surface area (Å²) in [5.41, 5.74) is 3.93. The Labute approximate surface area is 104 Å². The van der Waals surface area contributed by atoms with Crippen molar-refractivity contribution in [3.8, 4) is 0 Å². The highest BCUT2D eigenvalue weighted by Crippen LogP contribution is 2.16. The van der Waals surface area contributed by atoms with Crippen molar-refractivity contribution in [3.63, 3.8) is 0 Å². The molecule has 1 aromatic heterocycles. The maximum atomic E-state index is 4.22. The third kappa shape index (κ3) is 2.53. The van der Waals surface area contributed by atoms with Crippen molar-refractivity contribution in [3.05, 3.63) is 52.0 Å². The molecule has 1 heterocycles. The summed E-state index contributed by atoms with van der Waals surface area (Å²) in [6, 6.07) is 8.71. The molecule has 0 N–H and O–H groups in total. The Morgan fingerprint density at radius 3 is 2.44 bits per heavy atom. The highest BCUT2D eigenvalue weighted by molar-refractivity contribution is 9.10. The van der Waals surface area contributed by atoms with Gasteiger partial charge in [-0.05, 0) is 41.3 Å². The summed E-state index contributed by atoms with van der Waals surface area (Å²) in [6.07, 6.45) is 3.91. The van der Waals surface area contributed by atoms with Gasteiger partial charge in [0, 0.05) is 7.05 Å². The van der Waals surface area contributed by atoms with Gasteiger partial charge in [-0.15, -0.1) is 0 Å². The van der Waals surface area contributed by atoms with E-state index >= 15 is 0 Å². The average Bonchev–Trinajstić information content (AvgIpc) is 2.59. The molecule has 2 rings (SSSR count). The number of nitrogens with zero attached hydrogens (tertiary/aromatic N) is 2. The van der Waals surface area contributed by atoms with E-state index in [1.54, 1.807) is 0 Å². The van der Waals surface area contributed by atoms with E-state index in [-0.39, 0.29) is 0 Å². The quantitative estimate of drug-likeness (QED) is 0.843. The number of halogens is 1. The number of imidazole rings is 1. The maximum Gasteiger partial charge on any atom is 0.127 e. The van der Waals surface area contributed by atoms with Crippen LogP contribution in [0, 0.1) is 6.92 Å². The highest BCUT2D eigenvalue weighted by Gasteiger charge is 2.05. The van der Waals surface area contributed by atoms with Crippen LogP contribution < -0.4 is 0 Å². The summed E-state index contributed by atoms with van der Waals surface area (Å²) >= 11 is 3.47. The zero-order chi connectivity index (χ0) is 11.5. The summed E-state index contributed by atoms with van der Waals surface area (Å²) in [7, 11) is 2.03. The van der Waals surface area contributed by atoms with Gasteiger partial charge in [0.25, 0.3) is 0 Å². The molecule has 0 bridgehead atoms. The minimum Gasteiger partial charge on any atom is -0.337 e. The second kappa shape index (κ2) is 4.83. The molecule has 0 saturated carbocycles. The van der Waals surface area contributed by atoms with Gasteiger partial charge < -0.3 is 4.57 Å². The molecule has 84 valence electrons. The van der Waals surface area contributed by atoms with E-state index in [2.05, 4.69) is 56.7 Å². The number of aryl methyl sites for hydroxylation is 3. The second-order valence-corrected chi connectivity index (χ2v) is 4.83. The fourth-order valence-electron chi connectivity index (χ4n) is 1.72. The van der Waals surface area contributed by atoms with Gasteiger partial charge in [0.2, 0.25) is 0 Å². The van der Waals surface area contributed by atoms with Gasteiger partial charge in [0.15, 0.2) is 0 Å². The molecule has 0 unspecified atom stereocenters. The molecule has 2 nitrogen and oxygen atoms in total. The van der Waals surface area contributed by atoms with Crippen molar-refractivity contribution in [1.29, 1.82) is 0 Å². The first-order chi connectivity index (χ1) is 7.66. The molecule has 0 aliphatic carbocycles. The Morgan fingerprint density at radius 1 is 1.19 bits per heavy atom. The van der Waals surface area contributed by atoms with Crippen LogP contribution in [-0.4, -0.2) is 9.55 Å². The van der Waals surface area contributed by atoms with Crippen LogP contribution in [0.15, 0.2) is 35.2 Å². The predicted octanol–water partition coefficient (Wildman–Crippen LogP) is 3.28. The van der Waals surface area contributed by atoms with Crippen molar-refractivity contribution >= 4 is 15.9 Å². The molecule has 16 heavy (non-hydrogen) atoms. The summed E-state index contributed by atoms with van der Waals surface area (Å²) in [5, 5.41) is 0. The van der Waals surface area contributed by atoms with E-state index in [1.807, 2.05) is 13.4 Å². The minimum absolute atomic E-state index is 0.960. The lowest BCUT2D eigenvalue weighted by atomic mass is 10.1. The van der Waals surface area contributed by atoms with Crippen LogP contribution in [0.3, 0.4) is 0 Å². The van der Waals surface area contributed by atoms with Crippen LogP contribution in [0.5, 0.6) is 0 Å². The van der Waals surface area contributed by atoms with Crippen LogP contribution in [0.25, 0.3) is 0 Å². The van der Waals surface area contributed by atoms with E-state index in [1.165, 1.54) is 16.8 Å². The second-order valence-electron chi connectivity index (χ2n) is 4.08. The fraction of sp³-hybridized carbons (Fsp3) is 0.308. The number of aromatic nitrogens is 2. The molecule has 0 amide bonds. The van der Waals surface area contributed by atoms with Gasteiger partial charge in [0.1, 0.15) is 4.60 Å². The largest absolute Gasteiger partial charge is 0.337 e. The van der Waals surface area contributed by atoms with Crippen molar-refractivity contribution < 1.29 is 0 Å². The van der Waals surface area contributed by atoms with E-state index < -0.39 is 0 Å². The van der Waals surface area contributed by atoms with Gasteiger partial charge in [-0.3, -0.25) is 0 Å². The molecule has 3 heteroatoms. The van der Waals surface area contributed by atoms with Gasteiger partial charge >= 0.3 is 0 Å². The van der Waals surface area contributed by atoms with Crippen LogP contribution in [0.1, 0.15) is 16.8 Å². The number of hydrogen-bond acceptors (Lipinski definition) is 1. The highest BCUT2D eigenvalue weighted by atomic mass is 79.9. The Balaban J connectivity index is 2.05.